The minimum absolute atomic E-state index is 0.131. The number of ketones is 1. The van der Waals surface area contributed by atoms with E-state index in [2.05, 4.69) is 0 Å². The van der Waals surface area contributed by atoms with E-state index >= 15 is 0 Å². The van der Waals surface area contributed by atoms with E-state index in [-0.39, 0.29) is 31.0 Å². The highest BCUT2D eigenvalue weighted by Crippen LogP contribution is 2.30. The molecule has 27 heavy (non-hydrogen) atoms. The van der Waals surface area contributed by atoms with Crippen molar-refractivity contribution in [2.75, 3.05) is 18.1 Å². The smallest absolute Gasteiger partial charge is 0.326 e. The third-order valence-electron chi connectivity index (χ3n) is 4.12. The molecule has 0 aromatic heterocycles. The summed E-state index contributed by atoms with van der Waals surface area (Å²) in [6.07, 6.45) is -0.928. The number of halogens is 1. The van der Waals surface area contributed by atoms with Crippen LogP contribution in [0, 0.1) is 5.82 Å². The lowest BCUT2D eigenvalue weighted by atomic mass is 10.1. The minimum Gasteiger partial charge on any atom is -0.491 e. The van der Waals surface area contributed by atoms with Gasteiger partial charge in [0.2, 0.25) is 11.7 Å². The standard InChI is InChI=1S/C20H18FNO5/c1-13(20(25)14-6-8-15(21)9-7-14)27-19(24)12-22-16-4-2-3-5-17(16)26-11-10-18(22)23/h2-9,13H,10-12H2,1H3/t13-/m0/s1. The molecule has 0 bridgehead atoms. The number of Topliss-reactive ketones (excluding diaryl/α,β-unsaturated/α-hetero) is 1. The minimum atomic E-state index is -1.06. The van der Waals surface area contributed by atoms with Crippen LogP contribution in [0.4, 0.5) is 10.1 Å². The number of rotatable bonds is 5. The van der Waals surface area contributed by atoms with Crippen LogP contribution in [-0.4, -0.2) is 36.9 Å². The summed E-state index contributed by atoms with van der Waals surface area (Å²) in [5.41, 5.74) is 0.718. The fourth-order valence-corrected chi connectivity index (χ4v) is 2.76. The summed E-state index contributed by atoms with van der Waals surface area (Å²) in [5, 5.41) is 0. The van der Waals surface area contributed by atoms with Gasteiger partial charge >= 0.3 is 5.97 Å². The van der Waals surface area contributed by atoms with Gasteiger partial charge in [-0.2, -0.15) is 0 Å². The molecule has 1 atom stereocenters. The predicted octanol–water partition coefficient (Wildman–Crippen LogP) is 2.76. The van der Waals surface area contributed by atoms with Crippen LogP contribution in [-0.2, 0) is 14.3 Å². The van der Waals surface area contributed by atoms with E-state index < -0.39 is 23.7 Å². The van der Waals surface area contributed by atoms with Gasteiger partial charge < -0.3 is 9.47 Å². The molecule has 0 spiro atoms. The number of hydrogen-bond acceptors (Lipinski definition) is 5. The van der Waals surface area contributed by atoms with Crippen LogP contribution < -0.4 is 9.64 Å². The maximum absolute atomic E-state index is 13.0. The van der Waals surface area contributed by atoms with Crippen molar-refractivity contribution in [3.63, 3.8) is 0 Å². The van der Waals surface area contributed by atoms with Crippen LogP contribution in [0.25, 0.3) is 0 Å². The number of para-hydroxylation sites is 2. The highest BCUT2D eigenvalue weighted by molar-refractivity contribution is 6.02. The third kappa shape index (κ3) is 4.31. The summed E-state index contributed by atoms with van der Waals surface area (Å²) in [6.45, 7) is 1.33. The lowest BCUT2D eigenvalue weighted by Crippen LogP contribution is -2.38. The van der Waals surface area contributed by atoms with Gasteiger partial charge in [-0.1, -0.05) is 12.1 Å². The van der Waals surface area contributed by atoms with Gasteiger partial charge in [0.05, 0.1) is 18.7 Å². The Bertz CT molecular complexity index is 865. The van der Waals surface area contributed by atoms with Crippen LogP contribution >= 0.6 is 0 Å². The maximum Gasteiger partial charge on any atom is 0.326 e. The largest absolute Gasteiger partial charge is 0.491 e. The van der Waals surface area contributed by atoms with Crippen LogP contribution in [0.1, 0.15) is 23.7 Å². The molecule has 0 fully saturated rings. The third-order valence-corrected chi connectivity index (χ3v) is 4.12. The van der Waals surface area contributed by atoms with Crippen molar-refractivity contribution in [2.45, 2.75) is 19.4 Å². The maximum atomic E-state index is 13.0. The number of carbonyl (C=O) groups excluding carboxylic acids is 3. The molecule has 3 rings (SSSR count). The number of carbonyl (C=O) groups is 3. The molecular formula is C20H18FNO5. The Morgan fingerprint density at radius 3 is 2.63 bits per heavy atom. The number of nitrogens with zero attached hydrogens (tertiary/aromatic N) is 1. The second-order valence-electron chi connectivity index (χ2n) is 6.05. The number of ether oxygens (including phenoxy) is 2. The number of benzene rings is 2. The Hall–Kier alpha value is -3.22. The quantitative estimate of drug-likeness (QED) is 0.597. The van der Waals surface area contributed by atoms with Gasteiger partial charge in [-0.25, -0.2) is 4.39 Å². The Morgan fingerprint density at radius 1 is 1.19 bits per heavy atom. The van der Waals surface area contributed by atoms with Crippen molar-refractivity contribution in [3.8, 4) is 5.75 Å². The number of fused-ring (bicyclic) bond motifs is 1. The first-order chi connectivity index (χ1) is 13.0. The van der Waals surface area contributed by atoms with Crippen molar-refractivity contribution < 1.29 is 28.2 Å². The van der Waals surface area contributed by atoms with Gasteiger partial charge in [-0.15, -0.1) is 0 Å². The van der Waals surface area contributed by atoms with Crippen molar-refractivity contribution in [1.29, 1.82) is 0 Å². The van der Waals surface area contributed by atoms with E-state index in [4.69, 9.17) is 9.47 Å². The van der Waals surface area contributed by atoms with Crippen LogP contribution in [0.15, 0.2) is 48.5 Å². The number of hydrogen-bond donors (Lipinski definition) is 0. The van der Waals surface area contributed by atoms with E-state index in [1.54, 1.807) is 24.3 Å². The molecule has 0 N–H and O–H groups in total. The van der Waals surface area contributed by atoms with Gasteiger partial charge in [0.25, 0.3) is 0 Å². The lowest BCUT2D eigenvalue weighted by Gasteiger charge is -2.22. The number of anilines is 1. The molecule has 0 radical (unpaired) electrons. The molecule has 1 heterocycles. The van der Waals surface area contributed by atoms with Crippen molar-refractivity contribution in [2.24, 2.45) is 0 Å². The molecule has 1 aliphatic heterocycles. The summed E-state index contributed by atoms with van der Waals surface area (Å²) in [7, 11) is 0. The van der Waals surface area contributed by atoms with Gasteiger partial charge in [-0.3, -0.25) is 19.3 Å². The highest BCUT2D eigenvalue weighted by atomic mass is 19.1. The van der Waals surface area contributed by atoms with Gasteiger partial charge in [-0.05, 0) is 43.3 Å². The molecule has 1 aliphatic rings. The van der Waals surface area contributed by atoms with Gasteiger partial charge in [0, 0.05) is 5.56 Å². The first-order valence-electron chi connectivity index (χ1n) is 8.47. The van der Waals surface area contributed by atoms with E-state index in [0.29, 0.717) is 11.4 Å². The Balaban J connectivity index is 1.68. The molecular weight excluding hydrogens is 353 g/mol. The Morgan fingerprint density at radius 2 is 1.89 bits per heavy atom. The van der Waals surface area contributed by atoms with Crippen molar-refractivity contribution in [3.05, 3.63) is 59.9 Å². The van der Waals surface area contributed by atoms with Crippen molar-refractivity contribution in [1.82, 2.24) is 0 Å². The average molecular weight is 371 g/mol. The second-order valence-corrected chi connectivity index (χ2v) is 6.05. The van der Waals surface area contributed by atoms with Gasteiger partial charge in [0.1, 0.15) is 18.1 Å². The molecule has 7 heteroatoms. The lowest BCUT2D eigenvalue weighted by molar-refractivity contribution is -0.145. The molecule has 0 saturated carbocycles. The Kier molecular flexibility index (Phi) is 5.49. The molecule has 0 aliphatic carbocycles. The monoisotopic (exact) mass is 371 g/mol. The topological polar surface area (TPSA) is 72.9 Å². The summed E-state index contributed by atoms with van der Waals surface area (Å²) in [6, 6.07) is 11.9. The summed E-state index contributed by atoms with van der Waals surface area (Å²) < 4.78 is 23.7. The van der Waals surface area contributed by atoms with Crippen LogP contribution in [0.5, 0.6) is 5.75 Å². The summed E-state index contributed by atoms with van der Waals surface area (Å²) >= 11 is 0. The van der Waals surface area contributed by atoms with Crippen LogP contribution in [0.3, 0.4) is 0 Å². The van der Waals surface area contributed by atoms with Crippen LogP contribution in [0.2, 0.25) is 0 Å². The number of amides is 1. The normalized spacial score (nSPS) is 14.6. The first kappa shape index (κ1) is 18.6. The van der Waals surface area contributed by atoms with E-state index in [9.17, 15) is 18.8 Å². The Labute approximate surface area is 155 Å². The molecule has 0 unspecified atom stereocenters. The zero-order valence-electron chi connectivity index (χ0n) is 14.7. The molecule has 0 saturated heterocycles. The second kappa shape index (κ2) is 7.99. The predicted molar refractivity (Wildman–Crippen MR) is 95.2 cm³/mol. The summed E-state index contributed by atoms with van der Waals surface area (Å²) in [5.74, 6) is -1.39. The van der Waals surface area contributed by atoms with Crippen molar-refractivity contribution >= 4 is 23.3 Å². The van der Waals surface area contributed by atoms with E-state index in [0.717, 1.165) is 12.1 Å². The van der Waals surface area contributed by atoms with E-state index in [1.165, 1.54) is 24.0 Å². The molecule has 2 aromatic carbocycles. The molecule has 140 valence electrons. The molecule has 6 nitrogen and oxygen atoms in total. The SMILES string of the molecule is C[C@H](OC(=O)CN1C(=O)CCOc2ccccc21)C(=O)c1ccc(F)cc1. The molecule has 2 aromatic rings. The van der Waals surface area contributed by atoms with Gasteiger partial charge in [0.15, 0.2) is 6.10 Å². The summed E-state index contributed by atoms with van der Waals surface area (Å²) in [4.78, 5) is 38.2. The first-order valence-corrected chi connectivity index (χ1v) is 8.47. The molecule has 1 amide bonds. The fourth-order valence-electron chi connectivity index (χ4n) is 2.76. The average Bonchev–Trinajstić information content (AvgIpc) is 2.81. The number of esters is 1. The zero-order chi connectivity index (χ0) is 19.4. The fraction of sp³-hybridized carbons (Fsp3) is 0.250. The van der Waals surface area contributed by atoms with E-state index in [1.807, 2.05) is 0 Å². The highest BCUT2D eigenvalue weighted by Gasteiger charge is 2.27. The zero-order valence-corrected chi connectivity index (χ0v) is 14.7.